The zero-order chi connectivity index (χ0) is 9.14. The Morgan fingerprint density at radius 2 is 1.92 bits per heavy atom. The van der Waals surface area contributed by atoms with Crippen LogP contribution in [0.25, 0.3) is 0 Å². The van der Waals surface area contributed by atoms with Gasteiger partial charge in [-0.25, -0.2) is 0 Å². The van der Waals surface area contributed by atoms with E-state index in [0.717, 1.165) is 0 Å². The SMILES string of the molecule is N#CN=C1C(=O)C(=C=NN)C1=O. The van der Waals surface area contributed by atoms with Crippen LogP contribution in [0.15, 0.2) is 15.7 Å². The van der Waals surface area contributed by atoms with Crippen molar-refractivity contribution >= 4 is 23.1 Å². The fourth-order valence-electron chi connectivity index (χ4n) is 0.698. The van der Waals surface area contributed by atoms with Crippen LogP contribution in [0.5, 0.6) is 0 Å². The van der Waals surface area contributed by atoms with Gasteiger partial charge in [0.1, 0.15) is 5.57 Å². The third-order valence-electron chi connectivity index (χ3n) is 1.22. The van der Waals surface area contributed by atoms with Gasteiger partial charge in [-0.15, -0.1) is 5.10 Å². The Morgan fingerprint density at radius 1 is 1.33 bits per heavy atom. The summed E-state index contributed by atoms with van der Waals surface area (Å²) >= 11 is 0. The number of carbonyl (C=O) groups is 2. The van der Waals surface area contributed by atoms with Crippen LogP contribution in [-0.2, 0) is 9.59 Å². The van der Waals surface area contributed by atoms with E-state index in [0.29, 0.717) is 0 Å². The summed E-state index contributed by atoms with van der Waals surface area (Å²) in [5, 5.41) is 10.9. The topological polar surface area (TPSA) is 109 Å². The van der Waals surface area contributed by atoms with Gasteiger partial charge in [-0.05, 0) is 0 Å². The zero-order valence-electron chi connectivity index (χ0n) is 5.74. The fourth-order valence-corrected chi connectivity index (χ4v) is 0.698. The number of aliphatic imine (C=N–C) groups is 1. The van der Waals surface area contributed by atoms with E-state index < -0.39 is 11.6 Å². The van der Waals surface area contributed by atoms with Crippen molar-refractivity contribution in [3.63, 3.8) is 0 Å². The van der Waals surface area contributed by atoms with E-state index in [2.05, 4.69) is 15.9 Å². The number of carbonyl (C=O) groups excluding carboxylic acids is 2. The van der Waals surface area contributed by atoms with Gasteiger partial charge in [-0.3, -0.25) is 9.59 Å². The smallest absolute Gasteiger partial charge is 0.229 e. The van der Waals surface area contributed by atoms with Crippen LogP contribution in [0.3, 0.4) is 0 Å². The Balaban J connectivity index is 3.09. The van der Waals surface area contributed by atoms with E-state index in [1.54, 1.807) is 0 Å². The lowest BCUT2D eigenvalue weighted by atomic mass is 9.87. The highest BCUT2D eigenvalue weighted by molar-refractivity contribution is 6.88. The van der Waals surface area contributed by atoms with E-state index in [4.69, 9.17) is 5.26 Å². The Bertz CT molecular complexity index is 372. The van der Waals surface area contributed by atoms with Crippen LogP contribution in [-0.4, -0.2) is 23.1 Å². The number of ketones is 2. The Hall–Kier alpha value is -2.25. The van der Waals surface area contributed by atoms with Crippen molar-refractivity contribution in [1.82, 2.24) is 0 Å². The molecular formula is C6H2N4O2. The summed E-state index contributed by atoms with van der Waals surface area (Å²) in [5.41, 5.74) is -0.643. The number of allylic oxidation sites excluding steroid dienone is 1. The number of nitrogens with two attached hydrogens (primary N) is 1. The van der Waals surface area contributed by atoms with Gasteiger partial charge in [0.05, 0.1) is 0 Å². The molecule has 2 N–H and O–H groups in total. The van der Waals surface area contributed by atoms with E-state index >= 15 is 0 Å². The average molecular weight is 162 g/mol. The number of hydrogen-bond acceptors (Lipinski definition) is 6. The predicted molar refractivity (Wildman–Crippen MR) is 38.2 cm³/mol. The summed E-state index contributed by atoms with van der Waals surface area (Å²) in [6, 6.07) is 0. The molecule has 12 heavy (non-hydrogen) atoms. The molecule has 1 aliphatic rings. The van der Waals surface area contributed by atoms with Crippen molar-refractivity contribution in [2.24, 2.45) is 15.9 Å². The summed E-state index contributed by atoms with van der Waals surface area (Å²) in [7, 11) is 0. The summed E-state index contributed by atoms with van der Waals surface area (Å²) in [5.74, 6) is 5.38. The standard InChI is InChI=1S/C6H2N4O2/c7-2-9-4-5(11)3(1-10-8)6(4)12/h8H2. The van der Waals surface area contributed by atoms with E-state index in [-0.39, 0.29) is 11.3 Å². The monoisotopic (exact) mass is 162 g/mol. The van der Waals surface area contributed by atoms with Gasteiger partial charge in [0.15, 0.2) is 5.71 Å². The number of hydrogen-bond donors (Lipinski definition) is 1. The molecule has 0 spiro atoms. The first-order valence-electron chi connectivity index (χ1n) is 2.81. The second-order valence-corrected chi connectivity index (χ2v) is 1.83. The molecule has 1 saturated carbocycles. The van der Waals surface area contributed by atoms with Crippen LogP contribution in [0, 0.1) is 11.5 Å². The van der Waals surface area contributed by atoms with E-state index in [1.807, 2.05) is 5.87 Å². The summed E-state index contributed by atoms with van der Waals surface area (Å²) < 4.78 is 0. The molecule has 0 aromatic carbocycles. The maximum Gasteiger partial charge on any atom is 0.229 e. The second kappa shape index (κ2) is 2.78. The molecule has 6 heteroatoms. The number of nitrogens with zero attached hydrogens (tertiary/aromatic N) is 3. The van der Waals surface area contributed by atoms with Crippen molar-refractivity contribution in [3.05, 3.63) is 5.57 Å². The van der Waals surface area contributed by atoms with Crippen LogP contribution in [0.4, 0.5) is 0 Å². The van der Waals surface area contributed by atoms with Crippen molar-refractivity contribution < 1.29 is 9.59 Å². The molecule has 0 aliphatic heterocycles. The van der Waals surface area contributed by atoms with Gasteiger partial charge in [0.25, 0.3) is 0 Å². The summed E-state index contributed by atoms with van der Waals surface area (Å²) in [6.45, 7) is 0. The lowest BCUT2D eigenvalue weighted by molar-refractivity contribution is -0.119. The van der Waals surface area contributed by atoms with Crippen molar-refractivity contribution in [3.8, 4) is 6.19 Å². The Kier molecular flexibility index (Phi) is 1.82. The van der Waals surface area contributed by atoms with Crippen LogP contribution in [0.2, 0.25) is 0 Å². The van der Waals surface area contributed by atoms with Crippen molar-refractivity contribution in [1.29, 1.82) is 5.26 Å². The highest BCUT2D eigenvalue weighted by Gasteiger charge is 2.41. The molecule has 0 aromatic heterocycles. The number of hydrazone groups is 1. The molecule has 0 heterocycles. The highest BCUT2D eigenvalue weighted by atomic mass is 16.2. The molecule has 0 unspecified atom stereocenters. The molecule has 0 bridgehead atoms. The molecule has 0 atom stereocenters. The third kappa shape index (κ3) is 0.905. The average Bonchev–Trinajstić information content (AvgIpc) is 2.10. The minimum atomic E-state index is -0.643. The summed E-state index contributed by atoms with van der Waals surface area (Å²) in [4.78, 5) is 24.7. The molecule has 6 nitrogen and oxygen atoms in total. The quantitative estimate of drug-likeness (QED) is 0.117. The lowest BCUT2D eigenvalue weighted by Crippen LogP contribution is -2.41. The molecule has 1 aliphatic carbocycles. The second-order valence-electron chi connectivity index (χ2n) is 1.83. The minimum Gasteiger partial charge on any atom is -0.315 e. The zero-order valence-corrected chi connectivity index (χ0v) is 5.74. The lowest BCUT2D eigenvalue weighted by Gasteiger charge is -2.10. The van der Waals surface area contributed by atoms with Crippen LogP contribution < -0.4 is 5.84 Å². The number of rotatable bonds is 0. The Morgan fingerprint density at radius 3 is 2.33 bits per heavy atom. The fraction of sp³-hybridized carbons (Fsp3) is 0. The number of Topliss-reactive ketones (excluding diaryl/α,β-unsaturated/α-hetero) is 2. The first kappa shape index (κ1) is 7.85. The maximum atomic E-state index is 10.8. The van der Waals surface area contributed by atoms with Gasteiger partial charge in [0.2, 0.25) is 17.8 Å². The minimum absolute atomic E-state index is 0.258. The molecule has 0 aromatic rings. The van der Waals surface area contributed by atoms with Crippen LogP contribution >= 0.6 is 0 Å². The first-order chi connectivity index (χ1) is 5.72. The van der Waals surface area contributed by atoms with Gasteiger partial charge in [-0.2, -0.15) is 10.3 Å². The number of nitriles is 1. The van der Waals surface area contributed by atoms with Gasteiger partial charge in [-0.1, -0.05) is 0 Å². The predicted octanol–water partition coefficient (Wildman–Crippen LogP) is -1.47. The first-order valence-corrected chi connectivity index (χ1v) is 2.81. The molecule has 0 amide bonds. The van der Waals surface area contributed by atoms with Crippen LogP contribution in [0.1, 0.15) is 0 Å². The summed E-state index contributed by atoms with van der Waals surface area (Å²) in [6.07, 6.45) is 1.34. The van der Waals surface area contributed by atoms with Crippen molar-refractivity contribution in [2.75, 3.05) is 0 Å². The van der Waals surface area contributed by atoms with E-state index in [1.165, 1.54) is 6.19 Å². The maximum absolute atomic E-state index is 10.8. The van der Waals surface area contributed by atoms with Crippen molar-refractivity contribution in [2.45, 2.75) is 0 Å². The Labute approximate surface area is 66.7 Å². The third-order valence-corrected chi connectivity index (χ3v) is 1.22. The van der Waals surface area contributed by atoms with E-state index in [9.17, 15) is 9.59 Å². The molecule has 58 valence electrons. The molecule has 0 saturated heterocycles. The molecule has 0 radical (unpaired) electrons. The van der Waals surface area contributed by atoms with Gasteiger partial charge < -0.3 is 5.84 Å². The molecular weight excluding hydrogens is 160 g/mol. The largest absolute Gasteiger partial charge is 0.315 e. The van der Waals surface area contributed by atoms with Gasteiger partial charge in [0, 0.05) is 5.87 Å². The normalized spacial score (nSPS) is 14.6. The molecule has 1 rings (SSSR count). The van der Waals surface area contributed by atoms with Gasteiger partial charge >= 0.3 is 0 Å². The highest BCUT2D eigenvalue weighted by Crippen LogP contribution is 2.11. The molecule has 1 fully saturated rings.